The monoisotopic (exact) mass is 220 g/mol. The number of hydrogen-bond donors (Lipinski definition) is 1. The number of aryl methyl sites for hydroxylation is 1. The Balaban J connectivity index is 2.44. The summed E-state index contributed by atoms with van der Waals surface area (Å²) in [6.45, 7) is 2.14. The smallest absolute Gasteiger partial charge is 0.337 e. The molecule has 1 aliphatic heterocycles. The van der Waals surface area contributed by atoms with Gasteiger partial charge in [0.2, 0.25) is 5.91 Å². The van der Waals surface area contributed by atoms with E-state index < -0.39 is 5.97 Å². The normalized spacial score (nSPS) is 14.4. The standard InChI is InChI=1S/C11H12N2O3/c1-7(14)13-4-2-3-8-5-9(11(15)16)6-12-10(8)13/h5-6H,2-4H2,1H3,(H,15,16). The van der Waals surface area contributed by atoms with E-state index in [9.17, 15) is 9.59 Å². The van der Waals surface area contributed by atoms with Gasteiger partial charge in [0.05, 0.1) is 5.56 Å². The second kappa shape index (κ2) is 3.92. The first-order valence-electron chi connectivity index (χ1n) is 5.10. The number of amides is 1. The van der Waals surface area contributed by atoms with Gasteiger partial charge in [0.15, 0.2) is 0 Å². The van der Waals surface area contributed by atoms with Crippen LogP contribution in [-0.2, 0) is 11.2 Å². The minimum absolute atomic E-state index is 0.0588. The van der Waals surface area contributed by atoms with Crippen LogP contribution in [0.25, 0.3) is 0 Å². The summed E-state index contributed by atoms with van der Waals surface area (Å²) in [5.74, 6) is -0.449. The van der Waals surface area contributed by atoms with E-state index in [1.54, 1.807) is 11.0 Å². The first-order valence-corrected chi connectivity index (χ1v) is 5.10. The van der Waals surface area contributed by atoms with Gasteiger partial charge in [-0.2, -0.15) is 0 Å². The minimum atomic E-state index is -0.991. The van der Waals surface area contributed by atoms with Crippen LogP contribution in [0.15, 0.2) is 12.3 Å². The Hall–Kier alpha value is -1.91. The molecule has 5 heteroatoms. The van der Waals surface area contributed by atoms with Crippen LogP contribution in [-0.4, -0.2) is 28.5 Å². The van der Waals surface area contributed by atoms with E-state index >= 15 is 0 Å². The van der Waals surface area contributed by atoms with Crippen LogP contribution in [0.4, 0.5) is 5.82 Å². The Bertz CT molecular complexity index is 457. The highest BCUT2D eigenvalue weighted by Crippen LogP contribution is 2.25. The SMILES string of the molecule is CC(=O)N1CCCc2cc(C(=O)O)cnc21. The van der Waals surface area contributed by atoms with Crippen LogP contribution < -0.4 is 4.90 Å². The van der Waals surface area contributed by atoms with Crippen molar-refractivity contribution < 1.29 is 14.7 Å². The molecule has 1 aromatic heterocycles. The highest BCUT2D eigenvalue weighted by molar-refractivity contribution is 5.93. The molecule has 0 spiro atoms. The zero-order valence-corrected chi connectivity index (χ0v) is 8.93. The van der Waals surface area contributed by atoms with Crippen LogP contribution in [0, 0.1) is 0 Å². The van der Waals surface area contributed by atoms with Crippen LogP contribution in [0.2, 0.25) is 0 Å². The number of hydrogen-bond acceptors (Lipinski definition) is 3. The molecule has 0 unspecified atom stereocenters. The number of aromatic carboxylic acids is 1. The van der Waals surface area contributed by atoms with Crippen LogP contribution in [0.3, 0.4) is 0 Å². The fourth-order valence-corrected chi connectivity index (χ4v) is 1.89. The summed E-state index contributed by atoms with van der Waals surface area (Å²) in [5.41, 5.74) is 1.01. The molecule has 0 aliphatic carbocycles. The average molecular weight is 220 g/mol. The lowest BCUT2D eigenvalue weighted by Crippen LogP contribution is -2.34. The number of carboxylic acid groups (broad SMARTS) is 1. The second-order valence-corrected chi connectivity index (χ2v) is 3.79. The third-order valence-corrected chi connectivity index (χ3v) is 2.65. The number of fused-ring (bicyclic) bond motifs is 1. The molecule has 1 aliphatic rings. The third-order valence-electron chi connectivity index (χ3n) is 2.65. The van der Waals surface area contributed by atoms with Gasteiger partial charge in [-0.3, -0.25) is 9.69 Å². The van der Waals surface area contributed by atoms with Gasteiger partial charge in [-0.05, 0) is 24.5 Å². The summed E-state index contributed by atoms with van der Waals surface area (Å²) in [6.07, 6.45) is 2.91. The lowest BCUT2D eigenvalue weighted by atomic mass is 10.0. The van der Waals surface area contributed by atoms with E-state index in [0.717, 1.165) is 18.4 Å². The molecular formula is C11H12N2O3. The summed E-state index contributed by atoms with van der Waals surface area (Å²) in [6, 6.07) is 1.60. The van der Waals surface area contributed by atoms with E-state index in [4.69, 9.17) is 5.11 Å². The van der Waals surface area contributed by atoms with Crippen molar-refractivity contribution >= 4 is 17.7 Å². The molecule has 1 amide bonds. The average Bonchev–Trinajstić information content (AvgIpc) is 2.27. The van der Waals surface area contributed by atoms with Crippen LogP contribution >= 0.6 is 0 Å². The number of nitrogens with zero attached hydrogens (tertiary/aromatic N) is 2. The Labute approximate surface area is 92.7 Å². The van der Waals surface area contributed by atoms with Crippen molar-refractivity contribution in [2.45, 2.75) is 19.8 Å². The van der Waals surface area contributed by atoms with Gasteiger partial charge in [-0.1, -0.05) is 0 Å². The maximum Gasteiger partial charge on any atom is 0.337 e. The number of carbonyl (C=O) groups excluding carboxylic acids is 1. The van der Waals surface area contributed by atoms with Crippen molar-refractivity contribution in [2.75, 3.05) is 11.4 Å². The first kappa shape index (κ1) is 10.6. The van der Waals surface area contributed by atoms with Crippen molar-refractivity contribution in [1.82, 2.24) is 4.98 Å². The first-order chi connectivity index (χ1) is 7.59. The summed E-state index contributed by atoms with van der Waals surface area (Å²) < 4.78 is 0. The lowest BCUT2D eigenvalue weighted by Gasteiger charge is -2.27. The molecule has 0 bridgehead atoms. The van der Waals surface area contributed by atoms with E-state index in [1.165, 1.54) is 13.1 Å². The Morgan fingerprint density at radius 2 is 2.25 bits per heavy atom. The van der Waals surface area contributed by atoms with Gasteiger partial charge in [-0.15, -0.1) is 0 Å². The number of carbonyl (C=O) groups is 2. The van der Waals surface area contributed by atoms with Gasteiger partial charge in [0.1, 0.15) is 5.82 Å². The van der Waals surface area contributed by atoms with E-state index in [2.05, 4.69) is 4.98 Å². The third kappa shape index (κ3) is 1.76. The molecule has 2 rings (SSSR count). The fourth-order valence-electron chi connectivity index (χ4n) is 1.89. The van der Waals surface area contributed by atoms with Gasteiger partial charge < -0.3 is 5.11 Å². The fraction of sp³-hybridized carbons (Fsp3) is 0.364. The minimum Gasteiger partial charge on any atom is -0.478 e. The number of carboxylic acids is 1. The topological polar surface area (TPSA) is 70.5 Å². The quantitative estimate of drug-likeness (QED) is 0.768. The number of pyridine rings is 1. The van der Waals surface area contributed by atoms with E-state index in [-0.39, 0.29) is 11.5 Å². The molecular weight excluding hydrogens is 208 g/mol. The molecule has 1 aromatic rings. The van der Waals surface area contributed by atoms with Crippen LogP contribution in [0.1, 0.15) is 29.3 Å². The molecule has 1 N–H and O–H groups in total. The number of aromatic nitrogens is 1. The number of anilines is 1. The summed E-state index contributed by atoms with van der Waals surface area (Å²) >= 11 is 0. The predicted octanol–water partition coefficient (Wildman–Crippen LogP) is 1.08. The molecule has 16 heavy (non-hydrogen) atoms. The molecule has 0 fully saturated rings. The van der Waals surface area contributed by atoms with Gasteiger partial charge in [0, 0.05) is 19.7 Å². The van der Waals surface area contributed by atoms with Crippen LogP contribution in [0.5, 0.6) is 0 Å². The van der Waals surface area contributed by atoms with Crippen molar-refractivity contribution in [3.05, 3.63) is 23.4 Å². The molecule has 0 saturated heterocycles. The molecule has 5 nitrogen and oxygen atoms in total. The van der Waals surface area contributed by atoms with Gasteiger partial charge >= 0.3 is 5.97 Å². The van der Waals surface area contributed by atoms with Crippen molar-refractivity contribution in [2.24, 2.45) is 0 Å². The highest BCUT2D eigenvalue weighted by Gasteiger charge is 2.22. The Morgan fingerprint density at radius 1 is 1.50 bits per heavy atom. The summed E-state index contributed by atoms with van der Waals surface area (Å²) in [5, 5.41) is 8.84. The maximum absolute atomic E-state index is 11.3. The Morgan fingerprint density at radius 3 is 2.88 bits per heavy atom. The van der Waals surface area contributed by atoms with E-state index in [1.807, 2.05) is 0 Å². The molecule has 2 heterocycles. The van der Waals surface area contributed by atoms with E-state index in [0.29, 0.717) is 12.4 Å². The maximum atomic E-state index is 11.3. The molecule has 0 radical (unpaired) electrons. The Kier molecular flexibility index (Phi) is 2.60. The highest BCUT2D eigenvalue weighted by atomic mass is 16.4. The number of rotatable bonds is 1. The molecule has 0 atom stereocenters. The molecule has 0 saturated carbocycles. The zero-order valence-electron chi connectivity index (χ0n) is 8.93. The summed E-state index contributed by atoms with van der Waals surface area (Å²) in [4.78, 5) is 27.8. The second-order valence-electron chi connectivity index (χ2n) is 3.79. The zero-order chi connectivity index (χ0) is 11.7. The van der Waals surface area contributed by atoms with Crippen molar-refractivity contribution in [3.63, 3.8) is 0 Å². The molecule has 84 valence electrons. The predicted molar refractivity (Wildman–Crippen MR) is 57.5 cm³/mol. The largest absolute Gasteiger partial charge is 0.478 e. The molecule has 0 aromatic carbocycles. The van der Waals surface area contributed by atoms with Crippen molar-refractivity contribution in [1.29, 1.82) is 0 Å². The lowest BCUT2D eigenvalue weighted by molar-refractivity contribution is -0.116. The van der Waals surface area contributed by atoms with Crippen molar-refractivity contribution in [3.8, 4) is 0 Å². The van der Waals surface area contributed by atoms with Gasteiger partial charge in [0.25, 0.3) is 0 Å². The summed E-state index contributed by atoms with van der Waals surface area (Å²) in [7, 11) is 0. The van der Waals surface area contributed by atoms with Gasteiger partial charge in [-0.25, -0.2) is 9.78 Å².